The zero-order chi connectivity index (χ0) is 22.0. The van der Waals surface area contributed by atoms with Crippen LogP contribution in [-0.4, -0.2) is 29.3 Å². The molecule has 0 unspecified atom stereocenters. The second-order valence-corrected chi connectivity index (χ2v) is 7.38. The second kappa shape index (κ2) is 7.98. The van der Waals surface area contributed by atoms with Gasteiger partial charge >= 0.3 is 6.03 Å². The molecule has 2 aromatic carbocycles. The number of benzene rings is 2. The molecule has 1 fully saturated rings. The summed E-state index contributed by atoms with van der Waals surface area (Å²) >= 11 is 0. The first-order chi connectivity index (χ1) is 14.9. The predicted molar refractivity (Wildman–Crippen MR) is 113 cm³/mol. The molecule has 2 heterocycles. The molecule has 1 atom stereocenters. The quantitative estimate of drug-likeness (QED) is 0.592. The summed E-state index contributed by atoms with van der Waals surface area (Å²) in [4.78, 5) is 38.7. The smallest absolute Gasteiger partial charge is 0.325 e. The predicted octanol–water partition coefficient (Wildman–Crippen LogP) is 3.79. The molecule has 0 spiro atoms. The van der Waals surface area contributed by atoms with Crippen LogP contribution in [0.25, 0.3) is 0 Å². The summed E-state index contributed by atoms with van der Waals surface area (Å²) in [6.07, 6.45) is 1.42. The molecule has 0 radical (unpaired) electrons. The van der Waals surface area contributed by atoms with Gasteiger partial charge in [0.1, 0.15) is 18.1 Å². The van der Waals surface area contributed by atoms with E-state index in [0.29, 0.717) is 22.9 Å². The monoisotopic (exact) mass is 419 g/mol. The van der Waals surface area contributed by atoms with Crippen LogP contribution in [0.3, 0.4) is 0 Å². The first-order valence-electron chi connectivity index (χ1n) is 9.68. The maximum absolute atomic E-state index is 12.8. The molecule has 158 valence electrons. The Hall–Kier alpha value is -4.07. The van der Waals surface area contributed by atoms with Crippen LogP contribution in [0.1, 0.15) is 18.2 Å². The van der Waals surface area contributed by atoms with E-state index in [1.54, 1.807) is 36.4 Å². The maximum atomic E-state index is 12.8. The van der Waals surface area contributed by atoms with Crippen molar-refractivity contribution in [3.8, 4) is 11.5 Å². The average Bonchev–Trinajstić information content (AvgIpc) is 3.36. The molecule has 3 aromatic rings. The molecule has 4 rings (SSSR count). The van der Waals surface area contributed by atoms with Gasteiger partial charge in [-0.1, -0.05) is 29.8 Å². The fourth-order valence-electron chi connectivity index (χ4n) is 3.30. The number of rotatable bonds is 6. The van der Waals surface area contributed by atoms with E-state index >= 15 is 0 Å². The largest absolute Gasteiger partial charge is 0.466 e. The Bertz CT molecular complexity index is 1120. The lowest BCUT2D eigenvalue weighted by molar-refractivity contribution is -0.134. The highest BCUT2D eigenvalue weighted by Crippen LogP contribution is 2.31. The number of para-hydroxylation sites is 2. The van der Waals surface area contributed by atoms with Gasteiger partial charge in [0.25, 0.3) is 5.91 Å². The molecule has 4 amide bonds. The Morgan fingerprint density at radius 3 is 2.55 bits per heavy atom. The number of nitrogens with one attached hydrogen (secondary N) is 2. The van der Waals surface area contributed by atoms with Gasteiger partial charge in [0.05, 0.1) is 12.0 Å². The number of amides is 4. The van der Waals surface area contributed by atoms with Crippen molar-refractivity contribution in [1.29, 1.82) is 0 Å². The number of hydrogen-bond donors (Lipinski definition) is 2. The first kappa shape index (κ1) is 20.2. The van der Waals surface area contributed by atoms with Crippen LogP contribution in [0.5, 0.6) is 11.5 Å². The SMILES string of the molecule is Cc1ccc(Oc2ccccc2NC(=O)CN2C(=O)N[C@](C)(c3ccco3)C2=O)cc1. The third-order valence-electron chi connectivity index (χ3n) is 5.00. The highest BCUT2D eigenvalue weighted by Gasteiger charge is 2.51. The van der Waals surface area contributed by atoms with Crippen molar-refractivity contribution < 1.29 is 23.5 Å². The topological polar surface area (TPSA) is 101 Å². The van der Waals surface area contributed by atoms with E-state index in [4.69, 9.17) is 9.15 Å². The minimum absolute atomic E-state index is 0.297. The van der Waals surface area contributed by atoms with Crippen molar-refractivity contribution in [3.63, 3.8) is 0 Å². The fraction of sp³-hybridized carbons (Fsp3) is 0.174. The van der Waals surface area contributed by atoms with Crippen LogP contribution < -0.4 is 15.4 Å². The maximum Gasteiger partial charge on any atom is 0.325 e. The van der Waals surface area contributed by atoms with Crippen LogP contribution in [0, 0.1) is 6.92 Å². The zero-order valence-electron chi connectivity index (χ0n) is 17.0. The Labute approximate surface area is 178 Å². The second-order valence-electron chi connectivity index (χ2n) is 7.38. The Balaban J connectivity index is 1.46. The van der Waals surface area contributed by atoms with Crippen molar-refractivity contribution in [2.75, 3.05) is 11.9 Å². The summed E-state index contributed by atoms with van der Waals surface area (Å²) in [6, 6.07) is 17.0. The molecule has 1 aliphatic rings. The summed E-state index contributed by atoms with van der Waals surface area (Å²) in [5, 5.41) is 5.30. The minimum atomic E-state index is -1.35. The summed E-state index contributed by atoms with van der Waals surface area (Å²) < 4.78 is 11.2. The lowest BCUT2D eigenvalue weighted by Gasteiger charge is -2.19. The van der Waals surface area contributed by atoms with Crippen LogP contribution in [-0.2, 0) is 15.1 Å². The Morgan fingerprint density at radius 2 is 1.84 bits per heavy atom. The van der Waals surface area contributed by atoms with Crippen molar-refractivity contribution in [2.24, 2.45) is 0 Å². The summed E-state index contributed by atoms with van der Waals surface area (Å²) in [5.74, 6) is 0.262. The van der Waals surface area contributed by atoms with E-state index in [0.717, 1.165) is 10.5 Å². The number of carbonyl (C=O) groups excluding carboxylic acids is 3. The standard InChI is InChI=1S/C23H21N3O5/c1-15-9-11-16(12-10-15)31-18-7-4-3-6-17(18)24-20(27)14-26-21(28)23(2,25-22(26)29)19-8-5-13-30-19/h3-13H,14H2,1-2H3,(H,24,27)(H,25,29)/t23-/m1/s1. The Kier molecular flexibility index (Phi) is 5.21. The first-order valence-corrected chi connectivity index (χ1v) is 9.68. The number of ether oxygens (including phenoxy) is 1. The van der Waals surface area contributed by atoms with Crippen molar-refractivity contribution in [3.05, 3.63) is 78.3 Å². The molecule has 31 heavy (non-hydrogen) atoms. The number of anilines is 1. The third kappa shape index (κ3) is 4.00. The molecule has 0 aliphatic carbocycles. The van der Waals surface area contributed by atoms with Gasteiger partial charge in [0, 0.05) is 0 Å². The van der Waals surface area contributed by atoms with Gasteiger partial charge in [0.2, 0.25) is 5.91 Å². The molecule has 1 saturated heterocycles. The molecule has 0 bridgehead atoms. The normalized spacial score (nSPS) is 18.1. The number of furan rings is 1. The fourth-order valence-corrected chi connectivity index (χ4v) is 3.30. The van der Waals surface area contributed by atoms with Crippen LogP contribution in [0.2, 0.25) is 0 Å². The lowest BCUT2D eigenvalue weighted by atomic mass is 9.99. The zero-order valence-corrected chi connectivity index (χ0v) is 17.0. The van der Waals surface area contributed by atoms with E-state index in [2.05, 4.69) is 10.6 Å². The third-order valence-corrected chi connectivity index (χ3v) is 5.00. The van der Waals surface area contributed by atoms with Gasteiger partial charge < -0.3 is 19.8 Å². The number of hydrogen-bond acceptors (Lipinski definition) is 5. The van der Waals surface area contributed by atoms with Gasteiger partial charge in [-0.15, -0.1) is 0 Å². The molecule has 8 heteroatoms. The highest BCUT2D eigenvalue weighted by molar-refractivity contribution is 6.10. The number of nitrogens with zero attached hydrogens (tertiary/aromatic N) is 1. The van der Waals surface area contributed by atoms with E-state index in [1.807, 2.05) is 31.2 Å². The number of aryl methyl sites for hydroxylation is 1. The van der Waals surface area contributed by atoms with Crippen molar-refractivity contribution in [1.82, 2.24) is 10.2 Å². The number of urea groups is 1. The van der Waals surface area contributed by atoms with Crippen LogP contribution in [0.4, 0.5) is 10.5 Å². The molecule has 0 saturated carbocycles. The number of carbonyl (C=O) groups is 3. The highest BCUT2D eigenvalue weighted by atomic mass is 16.5. The van der Waals surface area contributed by atoms with Gasteiger partial charge in [0.15, 0.2) is 11.3 Å². The van der Waals surface area contributed by atoms with E-state index in [9.17, 15) is 14.4 Å². The molecule has 2 N–H and O–H groups in total. The van der Waals surface area contributed by atoms with Crippen LogP contribution in [0.15, 0.2) is 71.3 Å². The summed E-state index contributed by atoms with van der Waals surface area (Å²) in [7, 11) is 0. The van der Waals surface area contributed by atoms with Crippen LogP contribution >= 0.6 is 0 Å². The van der Waals surface area contributed by atoms with E-state index in [1.165, 1.54) is 13.2 Å². The minimum Gasteiger partial charge on any atom is -0.466 e. The lowest BCUT2D eigenvalue weighted by Crippen LogP contribution is -2.41. The van der Waals surface area contributed by atoms with E-state index < -0.39 is 29.9 Å². The molecule has 1 aromatic heterocycles. The van der Waals surface area contributed by atoms with Gasteiger partial charge in [-0.05, 0) is 50.2 Å². The molecule has 8 nitrogen and oxygen atoms in total. The Morgan fingerprint density at radius 1 is 1.10 bits per heavy atom. The van der Waals surface area contributed by atoms with Gasteiger partial charge in [-0.3, -0.25) is 14.5 Å². The molecular weight excluding hydrogens is 398 g/mol. The van der Waals surface area contributed by atoms with Gasteiger partial charge in [-0.25, -0.2) is 4.79 Å². The number of imide groups is 1. The summed E-state index contributed by atoms with van der Waals surface area (Å²) in [6.45, 7) is 3.07. The molecule has 1 aliphatic heterocycles. The van der Waals surface area contributed by atoms with Crippen molar-refractivity contribution in [2.45, 2.75) is 19.4 Å². The average molecular weight is 419 g/mol. The van der Waals surface area contributed by atoms with Crippen molar-refractivity contribution >= 4 is 23.5 Å². The van der Waals surface area contributed by atoms with E-state index in [-0.39, 0.29) is 0 Å². The summed E-state index contributed by atoms with van der Waals surface area (Å²) in [5.41, 5.74) is 0.172. The molecular formula is C23H21N3O5. The van der Waals surface area contributed by atoms with Gasteiger partial charge in [-0.2, -0.15) is 0 Å².